The highest BCUT2D eigenvalue weighted by atomic mass is 17.0. The van der Waals surface area contributed by atoms with Crippen molar-refractivity contribution in [3.05, 3.63) is 0 Å². The zero-order chi connectivity index (χ0) is 14.1. The maximum absolute atomic E-state index is 5.96. The Morgan fingerprint density at radius 2 is 1.56 bits per heavy atom. The molecule has 0 radical (unpaired) electrons. The average molecular weight is 263 g/mol. The van der Waals surface area contributed by atoms with E-state index in [0.29, 0.717) is 32.9 Å². The second kappa shape index (κ2) is 8.82. The molecule has 0 saturated heterocycles. The Hall–Kier alpha value is -0.200. The molecule has 0 aromatic heterocycles. The summed E-state index contributed by atoms with van der Waals surface area (Å²) in [6.45, 7) is 13.1. The van der Waals surface area contributed by atoms with Crippen molar-refractivity contribution in [3.63, 3.8) is 0 Å². The van der Waals surface area contributed by atoms with Gasteiger partial charge in [-0.2, -0.15) is 9.68 Å². The van der Waals surface area contributed by atoms with Crippen molar-refractivity contribution >= 4 is 0 Å². The summed E-state index contributed by atoms with van der Waals surface area (Å²) in [4.78, 5) is 11.8. The Bertz CT molecular complexity index is 208. The van der Waals surface area contributed by atoms with E-state index in [2.05, 4.69) is 0 Å². The van der Waals surface area contributed by atoms with Gasteiger partial charge in [-0.3, -0.25) is 0 Å². The van der Waals surface area contributed by atoms with Crippen LogP contribution in [0.3, 0.4) is 0 Å². The molecular formula is C13H31N2O3+. The molecule has 0 saturated carbocycles. The van der Waals surface area contributed by atoms with Crippen molar-refractivity contribution in [2.75, 3.05) is 32.9 Å². The number of ether oxygens (including phenoxy) is 1. The van der Waals surface area contributed by atoms with Crippen LogP contribution in [0, 0.1) is 0 Å². The smallest absolute Gasteiger partial charge is 0.262 e. The first-order valence-electron chi connectivity index (χ1n) is 7.07. The molecule has 2 N–H and O–H groups in total. The zero-order valence-electron chi connectivity index (χ0n) is 12.7. The maximum atomic E-state index is 5.96. The lowest BCUT2D eigenvalue weighted by Crippen LogP contribution is -2.64. The van der Waals surface area contributed by atoms with Crippen molar-refractivity contribution < 1.29 is 19.2 Å². The highest BCUT2D eigenvalue weighted by Crippen LogP contribution is 2.32. The standard InChI is InChI=1S/C13H31N2O3/c1-6-15(17-8-3,18-9-4)13(5,16-7-2)11-10-12-14/h6-12,14H2,1-5H3/q+1. The van der Waals surface area contributed by atoms with Crippen LogP contribution in [0.4, 0.5) is 0 Å². The van der Waals surface area contributed by atoms with E-state index in [9.17, 15) is 0 Å². The third kappa shape index (κ3) is 4.17. The second-order valence-electron chi connectivity index (χ2n) is 4.33. The first-order chi connectivity index (χ1) is 8.55. The van der Waals surface area contributed by atoms with Gasteiger partial charge in [0.2, 0.25) is 0 Å². The second-order valence-corrected chi connectivity index (χ2v) is 4.33. The monoisotopic (exact) mass is 263 g/mol. The van der Waals surface area contributed by atoms with Crippen LogP contribution in [0.1, 0.15) is 47.5 Å². The van der Waals surface area contributed by atoms with E-state index in [1.165, 1.54) is 0 Å². The summed E-state index contributed by atoms with van der Waals surface area (Å²) >= 11 is 0. The number of hydrogen-bond acceptors (Lipinski definition) is 4. The van der Waals surface area contributed by atoms with E-state index in [1.807, 2.05) is 34.6 Å². The highest BCUT2D eigenvalue weighted by molar-refractivity contribution is 4.62. The Balaban J connectivity index is 5.15. The minimum Gasteiger partial charge on any atom is -0.330 e. The third-order valence-corrected chi connectivity index (χ3v) is 3.11. The van der Waals surface area contributed by atoms with Gasteiger partial charge in [-0.05, 0) is 45.5 Å². The van der Waals surface area contributed by atoms with E-state index < -0.39 is 5.72 Å². The molecule has 5 heteroatoms. The van der Waals surface area contributed by atoms with Crippen molar-refractivity contribution in [1.82, 2.24) is 0 Å². The molecule has 1 unspecified atom stereocenters. The van der Waals surface area contributed by atoms with Gasteiger partial charge < -0.3 is 10.5 Å². The molecule has 0 rings (SSSR count). The van der Waals surface area contributed by atoms with Crippen LogP contribution >= 0.6 is 0 Å². The first-order valence-corrected chi connectivity index (χ1v) is 7.07. The van der Waals surface area contributed by atoms with Crippen LogP contribution in [0.5, 0.6) is 0 Å². The quantitative estimate of drug-likeness (QED) is 0.353. The molecule has 0 fully saturated rings. The molecule has 0 aromatic rings. The van der Waals surface area contributed by atoms with E-state index >= 15 is 0 Å². The third-order valence-electron chi connectivity index (χ3n) is 3.11. The summed E-state index contributed by atoms with van der Waals surface area (Å²) in [6, 6.07) is 0. The van der Waals surface area contributed by atoms with E-state index in [0.717, 1.165) is 12.8 Å². The lowest BCUT2D eigenvalue weighted by Gasteiger charge is -2.44. The molecule has 0 amide bonds. The van der Waals surface area contributed by atoms with Gasteiger partial charge in [0.05, 0.1) is 6.61 Å². The Labute approximate surface area is 112 Å². The Morgan fingerprint density at radius 1 is 1.00 bits per heavy atom. The number of quaternary nitrogens is 1. The lowest BCUT2D eigenvalue weighted by molar-refractivity contribution is -1.29. The van der Waals surface area contributed by atoms with E-state index in [1.54, 1.807) is 0 Å². The molecule has 0 heterocycles. The Morgan fingerprint density at radius 3 is 1.89 bits per heavy atom. The van der Waals surface area contributed by atoms with Crippen LogP contribution in [0.2, 0.25) is 0 Å². The topological polar surface area (TPSA) is 53.7 Å². The fraction of sp³-hybridized carbons (Fsp3) is 1.00. The number of hydrogen-bond donors (Lipinski definition) is 1. The van der Waals surface area contributed by atoms with Crippen LogP contribution in [0.15, 0.2) is 0 Å². The number of hydroxylamine groups is 4. The summed E-state index contributed by atoms with van der Waals surface area (Å²) < 4.78 is 5.96. The van der Waals surface area contributed by atoms with Crippen LogP contribution < -0.4 is 5.73 Å². The number of nitrogens with two attached hydrogens (primary N) is 1. The van der Waals surface area contributed by atoms with Gasteiger partial charge in [0, 0.05) is 13.3 Å². The summed E-state index contributed by atoms with van der Waals surface area (Å²) in [7, 11) is 0. The fourth-order valence-corrected chi connectivity index (χ4v) is 2.33. The van der Waals surface area contributed by atoms with Gasteiger partial charge in [0.1, 0.15) is 19.8 Å². The van der Waals surface area contributed by atoms with Gasteiger partial charge in [-0.25, -0.2) is 0 Å². The summed E-state index contributed by atoms with van der Waals surface area (Å²) in [5.74, 6) is 0. The summed E-state index contributed by atoms with van der Waals surface area (Å²) in [5.41, 5.74) is 5.10. The van der Waals surface area contributed by atoms with Gasteiger partial charge >= 0.3 is 0 Å². The molecule has 1 atom stereocenters. The van der Waals surface area contributed by atoms with Crippen molar-refractivity contribution in [2.24, 2.45) is 5.73 Å². The maximum Gasteiger partial charge on any atom is 0.262 e. The minimum absolute atomic E-state index is 0.0772. The molecule has 0 aliphatic rings. The zero-order valence-corrected chi connectivity index (χ0v) is 12.7. The van der Waals surface area contributed by atoms with Gasteiger partial charge in [0.25, 0.3) is 5.72 Å². The average Bonchev–Trinajstić information content (AvgIpc) is 2.36. The predicted octanol–water partition coefficient (Wildman–Crippen LogP) is 2.22. The van der Waals surface area contributed by atoms with Crippen LogP contribution in [0.25, 0.3) is 0 Å². The predicted molar refractivity (Wildman–Crippen MR) is 72.4 cm³/mol. The SMILES string of the molecule is CCOC(C)(CCCN)[N+](CC)(OCC)OCC. The van der Waals surface area contributed by atoms with Crippen molar-refractivity contribution in [2.45, 2.75) is 53.2 Å². The molecule has 0 aromatic carbocycles. The van der Waals surface area contributed by atoms with Crippen molar-refractivity contribution in [1.29, 1.82) is 0 Å². The summed E-state index contributed by atoms with van der Waals surface area (Å²) in [5, 5.41) is 0. The fourth-order valence-electron chi connectivity index (χ4n) is 2.33. The molecule has 0 bridgehead atoms. The van der Waals surface area contributed by atoms with E-state index in [4.69, 9.17) is 20.1 Å². The molecule has 0 spiro atoms. The van der Waals surface area contributed by atoms with Crippen LogP contribution in [-0.2, 0) is 14.4 Å². The molecule has 5 nitrogen and oxygen atoms in total. The molecule has 18 heavy (non-hydrogen) atoms. The lowest BCUT2D eigenvalue weighted by atomic mass is 10.1. The molecule has 110 valence electrons. The minimum atomic E-state index is -0.519. The molecule has 0 aliphatic carbocycles. The summed E-state index contributed by atoms with van der Waals surface area (Å²) in [6.07, 6.45) is 1.70. The van der Waals surface area contributed by atoms with Crippen molar-refractivity contribution in [3.8, 4) is 0 Å². The van der Waals surface area contributed by atoms with Crippen LogP contribution in [-0.4, -0.2) is 43.4 Å². The Kier molecular flexibility index (Phi) is 8.73. The first kappa shape index (κ1) is 17.8. The van der Waals surface area contributed by atoms with E-state index in [-0.39, 0.29) is 4.81 Å². The number of nitrogens with zero attached hydrogens (tertiary/aromatic N) is 1. The largest absolute Gasteiger partial charge is 0.330 e. The molecule has 0 aliphatic heterocycles. The number of rotatable bonds is 11. The highest BCUT2D eigenvalue weighted by Gasteiger charge is 2.52. The van der Waals surface area contributed by atoms with Gasteiger partial charge in [-0.15, -0.1) is 0 Å². The van der Waals surface area contributed by atoms with Gasteiger partial charge in [0.15, 0.2) is 0 Å². The normalized spacial score (nSPS) is 15.7. The van der Waals surface area contributed by atoms with Gasteiger partial charge in [-0.1, -0.05) is 0 Å². The molecular weight excluding hydrogens is 232 g/mol.